The molecule has 0 aromatic heterocycles. The van der Waals surface area contributed by atoms with Crippen molar-refractivity contribution in [2.45, 2.75) is 37.1 Å². The van der Waals surface area contributed by atoms with Gasteiger partial charge >= 0.3 is 0 Å². The van der Waals surface area contributed by atoms with E-state index in [0.29, 0.717) is 12.2 Å². The lowest BCUT2D eigenvalue weighted by Crippen LogP contribution is -2.56. The molecule has 2 bridgehead atoms. The van der Waals surface area contributed by atoms with Gasteiger partial charge in [-0.1, -0.05) is 0 Å². The molecular weight excluding hydrogens is 138 g/mol. The topological polar surface area (TPSA) is 12.5 Å². The lowest BCUT2D eigenvalue weighted by atomic mass is 10.00. The molecule has 3 saturated heterocycles. The Bertz CT molecular complexity index is 184. The molecule has 0 aromatic carbocycles. The van der Waals surface area contributed by atoms with Gasteiger partial charge in [0.2, 0.25) is 0 Å². The maximum atomic E-state index is 5.62. The number of epoxide rings is 1. The first-order valence-electron chi connectivity index (χ1n) is 4.52. The molecule has 2 nitrogen and oxygen atoms in total. The van der Waals surface area contributed by atoms with Crippen LogP contribution in [0, 0.1) is 6.42 Å². The number of piperidine rings is 1. The minimum atomic E-state index is 0.619. The summed E-state index contributed by atoms with van der Waals surface area (Å²) < 4.78 is 6.83. The number of likely N-dealkylation sites (N-methyl/N-ethyl adjacent to an activating group) is 1. The van der Waals surface area contributed by atoms with Crippen LogP contribution >= 0.6 is 0 Å². The molecule has 11 heavy (non-hydrogen) atoms. The minimum Gasteiger partial charge on any atom is -0.357 e. The molecule has 4 unspecified atom stereocenters. The van der Waals surface area contributed by atoms with Gasteiger partial charge in [0, 0.05) is 12.8 Å². The molecule has 3 aliphatic heterocycles. The Balaban J connectivity index is 2.00. The van der Waals surface area contributed by atoms with Crippen molar-refractivity contribution in [1.82, 2.24) is 0 Å². The van der Waals surface area contributed by atoms with E-state index in [0.717, 1.165) is 12.1 Å². The van der Waals surface area contributed by atoms with Crippen molar-refractivity contribution in [1.29, 1.82) is 0 Å². The Morgan fingerprint density at radius 3 is 2.18 bits per heavy atom. The molecular formula is C9H15NO+. The number of nitrogens with zero attached hydrogens (tertiary/aromatic N) is 1. The molecule has 3 aliphatic rings. The fourth-order valence-electron chi connectivity index (χ4n) is 3.01. The summed E-state index contributed by atoms with van der Waals surface area (Å²) in [5, 5.41) is 0. The van der Waals surface area contributed by atoms with Crippen LogP contribution in [0.15, 0.2) is 0 Å². The predicted octanol–water partition coefficient (Wildman–Crippen LogP) is 0.579. The van der Waals surface area contributed by atoms with E-state index in [9.17, 15) is 0 Å². The molecule has 0 amide bonds. The Kier molecular flexibility index (Phi) is 0.961. The smallest absolute Gasteiger partial charge is 0.142 e. The van der Waals surface area contributed by atoms with Crippen molar-refractivity contribution >= 4 is 0 Å². The van der Waals surface area contributed by atoms with Crippen molar-refractivity contribution in [2.24, 2.45) is 0 Å². The van der Waals surface area contributed by atoms with E-state index in [4.69, 9.17) is 4.74 Å². The van der Waals surface area contributed by atoms with E-state index in [1.54, 1.807) is 0 Å². The number of quaternary nitrogens is 1. The SMILES string of the molecule is C[N+]1(C)C2C[CH]CC1C1OC12. The zero-order valence-corrected chi connectivity index (χ0v) is 7.16. The molecule has 0 N–H and O–H groups in total. The first kappa shape index (κ1) is 6.44. The van der Waals surface area contributed by atoms with Gasteiger partial charge in [0.1, 0.15) is 24.3 Å². The third-order valence-electron chi connectivity index (χ3n) is 3.85. The Labute approximate surface area is 67.7 Å². The summed E-state index contributed by atoms with van der Waals surface area (Å²) in [4.78, 5) is 0. The summed E-state index contributed by atoms with van der Waals surface area (Å²) in [6, 6.07) is 1.55. The van der Waals surface area contributed by atoms with E-state index in [1.165, 1.54) is 17.3 Å². The van der Waals surface area contributed by atoms with Gasteiger partial charge in [-0.25, -0.2) is 0 Å². The van der Waals surface area contributed by atoms with Gasteiger partial charge in [-0.3, -0.25) is 0 Å². The zero-order valence-electron chi connectivity index (χ0n) is 7.16. The van der Waals surface area contributed by atoms with Crippen molar-refractivity contribution < 1.29 is 9.22 Å². The Morgan fingerprint density at radius 2 is 1.73 bits per heavy atom. The molecule has 4 atom stereocenters. The highest BCUT2D eigenvalue weighted by Crippen LogP contribution is 2.50. The predicted molar refractivity (Wildman–Crippen MR) is 41.9 cm³/mol. The molecule has 0 aliphatic carbocycles. The second-order valence-electron chi connectivity index (χ2n) is 4.59. The summed E-state index contributed by atoms with van der Waals surface area (Å²) in [5.41, 5.74) is 0. The van der Waals surface area contributed by atoms with Crippen LogP contribution in [0.25, 0.3) is 0 Å². The van der Waals surface area contributed by atoms with Gasteiger partial charge in [-0.2, -0.15) is 0 Å². The van der Waals surface area contributed by atoms with E-state index in [-0.39, 0.29) is 0 Å². The van der Waals surface area contributed by atoms with Gasteiger partial charge < -0.3 is 9.22 Å². The fourth-order valence-corrected chi connectivity index (χ4v) is 3.01. The lowest BCUT2D eigenvalue weighted by Gasteiger charge is -2.42. The fraction of sp³-hybridized carbons (Fsp3) is 0.889. The number of fused-ring (bicyclic) bond motifs is 5. The average Bonchev–Trinajstić information content (AvgIpc) is 2.56. The van der Waals surface area contributed by atoms with E-state index in [2.05, 4.69) is 20.5 Å². The van der Waals surface area contributed by atoms with E-state index in [1.807, 2.05) is 0 Å². The Morgan fingerprint density at radius 1 is 1.18 bits per heavy atom. The molecule has 3 rings (SSSR count). The first-order valence-corrected chi connectivity index (χ1v) is 4.52. The molecule has 1 radical (unpaired) electrons. The van der Waals surface area contributed by atoms with Gasteiger partial charge in [0.25, 0.3) is 0 Å². The van der Waals surface area contributed by atoms with Crippen LogP contribution in [0.3, 0.4) is 0 Å². The summed E-state index contributed by atoms with van der Waals surface area (Å²) in [6.45, 7) is 0. The maximum Gasteiger partial charge on any atom is 0.142 e. The number of rotatable bonds is 0. The molecule has 3 fully saturated rings. The van der Waals surface area contributed by atoms with Crippen LogP contribution in [-0.4, -0.2) is 42.9 Å². The highest BCUT2D eigenvalue weighted by Gasteiger charge is 2.68. The average molecular weight is 153 g/mol. The summed E-state index contributed by atoms with van der Waals surface area (Å²) in [5.74, 6) is 0. The number of hydrogen-bond acceptors (Lipinski definition) is 1. The van der Waals surface area contributed by atoms with Gasteiger partial charge in [0.15, 0.2) is 0 Å². The standard InChI is InChI=1S/C9H15NO/c1-10(2)6-4-3-5-7(10)9-8(6)11-9/h3,6-9H,4-5H2,1-2H3/q+1. The third-order valence-corrected chi connectivity index (χ3v) is 3.85. The van der Waals surface area contributed by atoms with Crippen LogP contribution in [0.2, 0.25) is 0 Å². The van der Waals surface area contributed by atoms with E-state index >= 15 is 0 Å². The van der Waals surface area contributed by atoms with Gasteiger partial charge in [0.05, 0.1) is 14.1 Å². The monoisotopic (exact) mass is 153 g/mol. The van der Waals surface area contributed by atoms with Crippen molar-refractivity contribution in [3.8, 4) is 0 Å². The quantitative estimate of drug-likeness (QED) is 0.366. The summed E-state index contributed by atoms with van der Waals surface area (Å²) in [6.07, 6.45) is 6.23. The maximum absolute atomic E-state index is 5.62. The van der Waals surface area contributed by atoms with Gasteiger partial charge in [-0.15, -0.1) is 0 Å². The van der Waals surface area contributed by atoms with Crippen LogP contribution < -0.4 is 0 Å². The van der Waals surface area contributed by atoms with E-state index < -0.39 is 0 Å². The lowest BCUT2D eigenvalue weighted by molar-refractivity contribution is -0.935. The highest BCUT2D eigenvalue weighted by molar-refractivity contribution is 5.09. The molecule has 61 valence electrons. The minimum absolute atomic E-state index is 0.619. The second-order valence-corrected chi connectivity index (χ2v) is 4.59. The molecule has 0 saturated carbocycles. The Hall–Kier alpha value is -0.0800. The third kappa shape index (κ3) is 0.611. The van der Waals surface area contributed by atoms with Crippen LogP contribution in [0.1, 0.15) is 12.8 Å². The van der Waals surface area contributed by atoms with Crippen LogP contribution in [0.5, 0.6) is 0 Å². The number of hydrogen-bond donors (Lipinski definition) is 0. The number of ether oxygens (including phenoxy) is 1. The van der Waals surface area contributed by atoms with Crippen molar-refractivity contribution in [2.75, 3.05) is 14.1 Å². The molecule has 2 heteroatoms. The summed E-state index contributed by atoms with van der Waals surface area (Å²) in [7, 11) is 4.72. The zero-order chi connectivity index (χ0) is 7.64. The van der Waals surface area contributed by atoms with Crippen LogP contribution in [-0.2, 0) is 4.74 Å². The first-order chi connectivity index (χ1) is 5.21. The van der Waals surface area contributed by atoms with Crippen LogP contribution in [0.4, 0.5) is 0 Å². The molecule has 0 aromatic rings. The van der Waals surface area contributed by atoms with Crippen molar-refractivity contribution in [3.63, 3.8) is 0 Å². The summed E-state index contributed by atoms with van der Waals surface area (Å²) >= 11 is 0. The molecule has 3 heterocycles. The number of morpholine rings is 1. The normalized spacial score (nSPS) is 57.3. The molecule has 0 spiro atoms. The second kappa shape index (κ2) is 1.64. The van der Waals surface area contributed by atoms with Crippen molar-refractivity contribution in [3.05, 3.63) is 6.42 Å². The largest absolute Gasteiger partial charge is 0.357 e. The highest BCUT2D eigenvalue weighted by atomic mass is 16.6. The van der Waals surface area contributed by atoms with Gasteiger partial charge in [-0.05, 0) is 6.42 Å².